The first-order valence-corrected chi connectivity index (χ1v) is 7.94. The molecule has 0 saturated heterocycles. The topological polar surface area (TPSA) is 20.2 Å². The van der Waals surface area contributed by atoms with Gasteiger partial charge in [0.25, 0.3) is 0 Å². The van der Waals surface area contributed by atoms with Crippen molar-refractivity contribution in [3.63, 3.8) is 0 Å². The maximum atomic E-state index is 10.9. The second-order valence-corrected chi connectivity index (χ2v) is 8.10. The summed E-state index contributed by atoms with van der Waals surface area (Å²) < 4.78 is 1.15. The molecule has 0 aliphatic heterocycles. The molecule has 0 aromatic carbocycles. The smallest absolute Gasteiger partial charge is 0.0722 e. The average molecular weight is 317 g/mol. The number of aliphatic hydroxyl groups is 1. The van der Waals surface area contributed by atoms with Gasteiger partial charge in [0.05, 0.1) is 5.60 Å². The first-order chi connectivity index (χ1) is 7.82. The zero-order valence-electron chi connectivity index (χ0n) is 10.8. The normalized spacial score (nSPS) is 32.6. The number of rotatable bonds is 2. The van der Waals surface area contributed by atoms with Gasteiger partial charge in [-0.25, -0.2) is 0 Å². The van der Waals surface area contributed by atoms with Crippen LogP contribution in [0.25, 0.3) is 0 Å². The second-order valence-electron chi connectivity index (χ2n) is 6.24. The standard InChI is InChI=1S/C14H21BrOS/c1-10-8-13(2,3)5-6-14(10,16)9-12-11(15)4-7-17-12/h4,7,10,16H,5-6,8-9H2,1-3H3. The minimum Gasteiger partial charge on any atom is -0.389 e. The number of hydrogen-bond acceptors (Lipinski definition) is 2. The molecule has 96 valence electrons. The van der Waals surface area contributed by atoms with Crippen molar-refractivity contribution in [1.29, 1.82) is 0 Å². The Balaban J connectivity index is 2.12. The van der Waals surface area contributed by atoms with Crippen molar-refractivity contribution in [1.82, 2.24) is 0 Å². The fraction of sp³-hybridized carbons (Fsp3) is 0.714. The summed E-state index contributed by atoms with van der Waals surface area (Å²) in [5, 5.41) is 12.9. The molecule has 2 unspecified atom stereocenters. The Labute approximate surface area is 116 Å². The summed E-state index contributed by atoms with van der Waals surface area (Å²) in [5.74, 6) is 0.375. The van der Waals surface area contributed by atoms with Crippen LogP contribution in [0, 0.1) is 11.3 Å². The molecule has 2 rings (SSSR count). The molecule has 1 aliphatic rings. The molecule has 1 nitrogen and oxygen atoms in total. The molecule has 1 aliphatic carbocycles. The van der Waals surface area contributed by atoms with E-state index in [1.54, 1.807) is 11.3 Å². The molecule has 0 bridgehead atoms. The van der Waals surface area contributed by atoms with Gasteiger partial charge in [-0.2, -0.15) is 0 Å². The van der Waals surface area contributed by atoms with Crippen molar-refractivity contribution in [2.75, 3.05) is 0 Å². The van der Waals surface area contributed by atoms with Crippen LogP contribution in [-0.4, -0.2) is 10.7 Å². The van der Waals surface area contributed by atoms with Crippen LogP contribution in [0.3, 0.4) is 0 Å². The minimum atomic E-state index is -0.511. The predicted octanol–water partition coefficient (Wildman–Crippen LogP) is 4.63. The van der Waals surface area contributed by atoms with Crippen LogP contribution in [0.5, 0.6) is 0 Å². The summed E-state index contributed by atoms with van der Waals surface area (Å²) in [4.78, 5) is 1.28. The van der Waals surface area contributed by atoms with Gasteiger partial charge in [-0.3, -0.25) is 0 Å². The molecule has 1 aromatic rings. The zero-order chi connectivity index (χ0) is 12.7. The van der Waals surface area contributed by atoms with Gasteiger partial charge in [0.1, 0.15) is 0 Å². The van der Waals surface area contributed by atoms with Crippen LogP contribution in [0.1, 0.15) is 44.9 Å². The van der Waals surface area contributed by atoms with Crippen molar-refractivity contribution < 1.29 is 5.11 Å². The SMILES string of the molecule is CC1CC(C)(C)CCC1(O)Cc1sccc1Br. The van der Waals surface area contributed by atoms with Crippen LogP contribution in [0.2, 0.25) is 0 Å². The molecule has 1 heterocycles. The summed E-state index contributed by atoms with van der Waals surface area (Å²) in [6.07, 6.45) is 3.96. The Hall–Kier alpha value is 0.140. The number of hydrogen-bond donors (Lipinski definition) is 1. The molecule has 0 radical (unpaired) electrons. The summed E-state index contributed by atoms with van der Waals surface area (Å²) in [7, 11) is 0. The monoisotopic (exact) mass is 316 g/mol. The molecule has 2 atom stereocenters. The van der Waals surface area contributed by atoms with Crippen LogP contribution in [0.15, 0.2) is 15.9 Å². The summed E-state index contributed by atoms with van der Waals surface area (Å²) in [6, 6.07) is 2.07. The molecule has 17 heavy (non-hydrogen) atoms. The van der Waals surface area contributed by atoms with E-state index in [-0.39, 0.29) is 0 Å². The lowest BCUT2D eigenvalue weighted by atomic mass is 9.64. The molecular weight excluding hydrogens is 296 g/mol. The molecule has 0 amide bonds. The van der Waals surface area contributed by atoms with Crippen molar-refractivity contribution in [2.45, 2.75) is 52.1 Å². The van der Waals surface area contributed by atoms with Gasteiger partial charge in [0.2, 0.25) is 0 Å². The van der Waals surface area contributed by atoms with E-state index in [1.807, 2.05) is 0 Å². The summed E-state index contributed by atoms with van der Waals surface area (Å²) in [6.45, 7) is 6.82. The third-order valence-corrected chi connectivity index (χ3v) is 6.09. The Kier molecular flexibility index (Phi) is 3.73. The van der Waals surface area contributed by atoms with E-state index < -0.39 is 5.60 Å². The predicted molar refractivity (Wildman–Crippen MR) is 77.5 cm³/mol. The minimum absolute atomic E-state index is 0.375. The van der Waals surface area contributed by atoms with E-state index in [1.165, 1.54) is 4.88 Å². The van der Waals surface area contributed by atoms with Crippen molar-refractivity contribution in [3.05, 3.63) is 20.8 Å². The lowest BCUT2D eigenvalue weighted by Crippen LogP contribution is -2.45. The van der Waals surface area contributed by atoms with Crippen LogP contribution >= 0.6 is 27.3 Å². The van der Waals surface area contributed by atoms with Crippen LogP contribution in [-0.2, 0) is 6.42 Å². The lowest BCUT2D eigenvalue weighted by Gasteiger charge is -2.45. The Morgan fingerprint density at radius 2 is 2.18 bits per heavy atom. The fourth-order valence-corrected chi connectivity index (χ4v) is 4.52. The molecule has 1 aromatic heterocycles. The van der Waals surface area contributed by atoms with Gasteiger partial charge >= 0.3 is 0 Å². The Morgan fingerprint density at radius 1 is 1.47 bits per heavy atom. The number of thiophene rings is 1. The van der Waals surface area contributed by atoms with Gasteiger partial charge in [0, 0.05) is 15.8 Å². The summed E-state index contributed by atoms with van der Waals surface area (Å²) in [5.41, 5.74) is -0.124. The molecular formula is C14H21BrOS. The first-order valence-electron chi connectivity index (χ1n) is 6.27. The Bertz CT molecular complexity index is 399. The third kappa shape index (κ3) is 2.94. The van der Waals surface area contributed by atoms with E-state index >= 15 is 0 Å². The average Bonchev–Trinajstić information content (AvgIpc) is 2.59. The molecule has 1 N–H and O–H groups in total. The van der Waals surface area contributed by atoms with Crippen LogP contribution < -0.4 is 0 Å². The largest absolute Gasteiger partial charge is 0.389 e. The van der Waals surface area contributed by atoms with Gasteiger partial charge in [-0.1, -0.05) is 20.8 Å². The highest BCUT2D eigenvalue weighted by Crippen LogP contribution is 2.46. The van der Waals surface area contributed by atoms with Gasteiger partial charge < -0.3 is 5.11 Å². The van der Waals surface area contributed by atoms with Crippen molar-refractivity contribution in [2.24, 2.45) is 11.3 Å². The fourth-order valence-electron chi connectivity index (χ4n) is 2.91. The maximum Gasteiger partial charge on any atom is 0.0722 e. The first kappa shape index (κ1) is 13.6. The Morgan fingerprint density at radius 3 is 2.71 bits per heavy atom. The maximum absolute atomic E-state index is 10.9. The van der Waals surface area contributed by atoms with E-state index in [0.717, 1.165) is 30.2 Å². The van der Waals surface area contributed by atoms with E-state index in [2.05, 4.69) is 48.1 Å². The lowest BCUT2D eigenvalue weighted by molar-refractivity contribution is -0.0699. The van der Waals surface area contributed by atoms with Gasteiger partial charge in [0.15, 0.2) is 0 Å². The van der Waals surface area contributed by atoms with E-state index in [4.69, 9.17) is 0 Å². The van der Waals surface area contributed by atoms with Crippen molar-refractivity contribution >= 4 is 27.3 Å². The number of halogens is 1. The molecule has 0 spiro atoms. The quantitative estimate of drug-likeness (QED) is 0.843. The second kappa shape index (κ2) is 4.67. The van der Waals surface area contributed by atoms with Gasteiger partial charge in [-0.05, 0) is 58.0 Å². The summed E-state index contributed by atoms with van der Waals surface area (Å²) >= 11 is 5.30. The molecule has 1 fully saturated rings. The highest BCUT2D eigenvalue weighted by atomic mass is 79.9. The van der Waals surface area contributed by atoms with Crippen molar-refractivity contribution in [3.8, 4) is 0 Å². The van der Waals surface area contributed by atoms with Crippen LogP contribution in [0.4, 0.5) is 0 Å². The third-order valence-electron chi connectivity index (χ3n) is 4.17. The highest BCUT2D eigenvalue weighted by Gasteiger charge is 2.42. The molecule has 1 saturated carbocycles. The highest BCUT2D eigenvalue weighted by molar-refractivity contribution is 9.10. The van der Waals surface area contributed by atoms with E-state index in [9.17, 15) is 5.11 Å². The van der Waals surface area contributed by atoms with Gasteiger partial charge in [-0.15, -0.1) is 11.3 Å². The zero-order valence-corrected chi connectivity index (χ0v) is 13.2. The molecule has 3 heteroatoms. The van der Waals surface area contributed by atoms with E-state index in [0.29, 0.717) is 11.3 Å².